The van der Waals surface area contributed by atoms with Gasteiger partial charge in [0.15, 0.2) is 0 Å². The van der Waals surface area contributed by atoms with E-state index in [9.17, 15) is 0 Å². The third-order valence-corrected chi connectivity index (χ3v) is 4.50. The van der Waals surface area contributed by atoms with Gasteiger partial charge < -0.3 is 15.0 Å². The third-order valence-electron chi connectivity index (χ3n) is 4.50. The Morgan fingerprint density at radius 1 is 1.37 bits per heavy atom. The van der Waals surface area contributed by atoms with Crippen molar-refractivity contribution in [1.29, 1.82) is 0 Å². The Kier molecular flexibility index (Phi) is 3.58. The maximum absolute atomic E-state index is 5.96. The zero-order valence-electron chi connectivity index (χ0n) is 11.6. The van der Waals surface area contributed by atoms with E-state index in [1.165, 1.54) is 12.8 Å². The molecule has 3 rings (SSSR count). The summed E-state index contributed by atoms with van der Waals surface area (Å²) in [5.41, 5.74) is 5.66. The van der Waals surface area contributed by atoms with Crippen LogP contribution >= 0.6 is 0 Å². The van der Waals surface area contributed by atoms with Gasteiger partial charge in [-0.2, -0.15) is 4.98 Å². The van der Waals surface area contributed by atoms with E-state index < -0.39 is 0 Å². The summed E-state index contributed by atoms with van der Waals surface area (Å²) < 4.78 is 11.4. The van der Waals surface area contributed by atoms with Crippen molar-refractivity contribution in [2.24, 2.45) is 5.73 Å². The van der Waals surface area contributed by atoms with Gasteiger partial charge in [-0.05, 0) is 51.9 Å². The van der Waals surface area contributed by atoms with Crippen molar-refractivity contribution in [1.82, 2.24) is 10.1 Å². The van der Waals surface area contributed by atoms with Crippen LogP contribution in [0.15, 0.2) is 4.52 Å². The molecule has 106 valence electrons. The van der Waals surface area contributed by atoms with E-state index in [0.717, 1.165) is 43.8 Å². The SMILES string of the molecule is CCOC1(c2noc([C@@H]3CC[C@H](N)C3)n2)CCCC1. The molecule has 5 heteroatoms. The predicted molar refractivity (Wildman–Crippen MR) is 70.6 cm³/mol. The van der Waals surface area contributed by atoms with Crippen LogP contribution in [0, 0.1) is 0 Å². The molecule has 2 N–H and O–H groups in total. The highest BCUT2D eigenvalue weighted by Gasteiger charge is 2.41. The zero-order chi connectivity index (χ0) is 13.3. The minimum atomic E-state index is -0.294. The Bertz CT molecular complexity index is 426. The van der Waals surface area contributed by atoms with E-state index in [1.807, 2.05) is 6.92 Å². The summed E-state index contributed by atoms with van der Waals surface area (Å²) in [6.45, 7) is 2.72. The van der Waals surface area contributed by atoms with Crippen LogP contribution in [0.1, 0.15) is 69.5 Å². The van der Waals surface area contributed by atoms with E-state index in [-0.39, 0.29) is 11.6 Å². The van der Waals surface area contributed by atoms with Gasteiger partial charge >= 0.3 is 0 Å². The monoisotopic (exact) mass is 265 g/mol. The molecule has 1 aromatic rings. The van der Waals surface area contributed by atoms with Crippen LogP contribution in [0.5, 0.6) is 0 Å². The second-order valence-corrected chi connectivity index (χ2v) is 5.86. The Labute approximate surface area is 113 Å². The molecule has 0 spiro atoms. The van der Waals surface area contributed by atoms with E-state index in [1.54, 1.807) is 0 Å². The van der Waals surface area contributed by atoms with Crippen molar-refractivity contribution >= 4 is 0 Å². The van der Waals surface area contributed by atoms with Gasteiger partial charge in [-0.25, -0.2) is 0 Å². The first-order valence-electron chi connectivity index (χ1n) is 7.47. The van der Waals surface area contributed by atoms with Crippen molar-refractivity contribution in [2.75, 3.05) is 6.61 Å². The fourth-order valence-corrected chi connectivity index (χ4v) is 3.48. The average Bonchev–Trinajstić information content (AvgIpc) is 3.07. The Morgan fingerprint density at radius 3 is 2.79 bits per heavy atom. The van der Waals surface area contributed by atoms with E-state index in [0.29, 0.717) is 12.5 Å². The zero-order valence-corrected chi connectivity index (χ0v) is 11.6. The van der Waals surface area contributed by atoms with E-state index >= 15 is 0 Å². The van der Waals surface area contributed by atoms with Crippen molar-refractivity contribution in [3.05, 3.63) is 11.7 Å². The van der Waals surface area contributed by atoms with Gasteiger partial charge in [0.25, 0.3) is 0 Å². The molecule has 0 aliphatic heterocycles. The molecule has 2 aliphatic carbocycles. The molecule has 2 fully saturated rings. The summed E-state index contributed by atoms with van der Waals surface area (Å²) in [7, 11) is 0. The van der Waals surface area contributed by atoms with Crippen LogP contribution in [0.2, 0.25) is 0 Å². The maximum Gasteiger partial charge on any atom is 0.229 e. The van der Waals surface area contributed by atoms with E-state index in [4.69, 9.17) is 15.0 Å². The number of rotatable bonds is 4. The van der Waals surface area contributed by atoms with Gasteiger partial charge in [-0.3, -0.25) is 0 Å². The van der Waals surface area contributed by atoms with Crippen molar-refractivity contribution in [3.8, 4) is 0 Å². The molecular weight excluding hydrogens is 242 g/mol. The van der Waals surface area contributed by atoms with Crippen molar-refractivity contribution < 1.29 is 9.26 Å². The van der Waals surface area contributed by atoms with Crippen LogP contribution in [-0.4, -0.2) is 22.8 Å². The van der Waals surface area contributed by atoms with Crippen molar-refractivity contribution in [3.63, 3.8) is 0 Å². The molecule has 2 aliphatic rings. The molecular formula is C14H23N3O2. The Hall–Kier alpha value is -0.940. The lowest BCUT2D eigenvalue weighted by atomic mass is 10.0. The molecule has 1 heterocycles. The highest BCUT2D eigenvalue weighted by atomic mass is 16.5. The second-order valence-electron chi connectivity index (χ2n) is 5.86. The van der Waals surface area contributed by atoms with Crippen LogP contribution in [0.25, 0.3) is 0 Å². The number of nitrogens with zero attached hydrogens (tertiary/aromatic N) is 2. The average molecular weight is 265 g/mol. The van der Waals surface area contributed by atoms with Crippen molar-refractivity contribution in [2.45, 2.75) is 69.4 Å². The first kappa shape index (κ1) is 13.1. The van der Waals surface area contributed by atoms with Crippen LogP contribution in [0.4, 0.5) is 0 Å². The quantitative estimate of drug-likeness (QED) is 0.905. The number of ether oxygens (including phenoxy) is 1. The molecule has 0 unspecified atom stereocenters. The molecule has 2 atom stereocenters. The van der Waals surface area contributed by atoms with Gasteiger partial charge in [0.1, 0.15) is 5.60 Å². The van der Waals surface area contributed by atoms with Gasteiger partial charge in [0.2, 0.25) is 11.7 Å². The molecule has 2 saturated carbocycles. The number of hydrogen-bond donors (Lipinski definition) is 1. The number of aromatic nitrogens is 2. The first-order chi connectivity index (χ1) is 9.23. The summed E-state index contributed by atoms with van der Waals surface area (Å²) >= 11 is 0. The third kappa shape index (κ3) is 2.41. The fraction of sp³-hybridized carbons (Fsp3) is 0.857. The Balaban J connectivity index is 1.79. The summed E-state index contributed by atoms with van der Waals surface area (Å²) in [5, 5.41) is 4.21. The second kappa shape index (κ2) is 5.21. The number of nitrogens with two attached hydrogens (primary N) is 1. The summed E-state index contributed by atoms with van der Waals surface area (Å²) in [6.07, 6.45) is 7.44. The highest BCUT2D eigenvalue weighted by molar-refractivity contribution is 5.07. The van der Waals surface area contributed by atoms with Gasteiger partial charge in [-0.15, -0.1) is 0 Å². The Morgan fingerprint density at radius 2 is 2.16 bits per heavy atom. The first-order valence-corrected chi connectivity index (χ1v) is 7.47. The molecule has 19 heavy (non-hydrogen) atoms. The molecule has 0 amide bonds. The predicted octanol–water partition coefficient (Wildman–Crippen LogP) is 2.47. The standard InChI is InChI=1S/C14H23N3O2/c1-2-18-14(7-3-4-8-14)13-16-12(19-17-13)10-5-6-11(15)9-10/h10-11H,2-9,15H2,1H3/t10-,11+/m1/s1. The molecule has 5 nitrogen and oxygen atoms in total. The van der Waals surface area contributed by atoms with Crippen LogP contribution < -0.4 is 5.73 Å². The normalized spacial score (nSPS) is 30.0. The summed E-state index contributed by atoms with van der Waals surface area (Å²) in [5.74, 6) is 1.85. The molecule has 0 aromatic carbocycles. The van der Waals surface area contributed by atoms with Gasteiger partial charge in [0.05, 0.1) is 0 Å². The smallest absolute Gasteiger partial charge is 0.229 e. The molecule has 0 bridgehead atoms. The topological polar surface area (TPSA) is 74.2 Å². The lowest BCUT2D eigenvalue weighted by Crippen LogP contribution is -2.27. The summed E-state index contributed by atoms with van der Waals surface area (Å²) in [4.78, 5) is 4.64. The fourth-order valence-electron chi connectivity index (χ4n) is 3.48. The lowest BCUT2D eigenvalue weighted by Gasteiger charge is -2.24. The minimum absolute atomic E-state index is 0.285. The summed E-state index contributed by atoms with van der Waals surface area (Å²) in [6, 6.07) is 0.285. The van der Waals surface area contributed by atoms with Crippen LogP contribution in [0.3, 0.4) is 0 Å². The highest BCUT2D eigenvalue weighted by Crippen LogP contribution is 2.42. The van der Waals surface area contributed by atoms with Gasteiger partial charge in [-0.1, -0.05) is 5.16 Å². The molecule has 0 saturated heterocycles. The van der Waals surface area contributed by atoms with Gasteiger partial charge in [0, 0.05) is 18.6 Å². The maximum atomic E-state index is 5.96. The molecule has 0 radical (unpaired) electrons. The lowest BCUT2D eigenvalue weighted by molar-refractivity contribution is -0.0469. The largest absolute Gasteiger partial charge is 0.367 e. The molecule has 1 aromatic heterocycles. The minimum Gasteiger partial charge on any atom is -0.367 e. The number of hydrogen-bond acceptors (Lipinski definition) is 5. The van der Waals surface area contributed by atoms with E-state index in [2.05, 4.69) is 10.1 Å². The van der Waals surface area contributed by atoms with Crippen LogP contribution in [-0.2, 0) is 10.3 Å².